The van der Waals surface area contributed by atoms with Gasteiger partial charge < -0.3 is 9.67 Å². The molecule has 102 valence electrons. The van der Waals surface area contributed by atoms with Crippen LogP contribution in [0.4, 0.5) is 0 Å². The fourth-order valence-electron chi connectivity index (χ4n) is 2.47. The number of benzene rings is 2. The normalized spacial score (nSPS) is 11.1. The number of halogens is 1. The molecule has 0 spiro atoms. The summed E-state index contributed by atoms with van der Waals surface area (Å²) in [4.78, 5) is 0. The minimum Gasteiger partial charge on any atom is -0.494 e. The van der Waals surface area contributed by atoms with Gasteiger partial charge in [0, 0.05) is 28.0 Å². The largest absolute Gasteiger partial charge is 0.494 e. The Kier molecular flexibility index (Phi) is 3.79. The van der Waals surface area contributed by atoms with Crippen LogP contribution in [-0.4, -0.2) is 9.67 Å². The van der Waals surface area contributed by atoms with Crippen LogP contribution in [-0.2, 0) is 13.0 Å². The molecule has 0 bridgehead atoms. The van der Waals surface area contributed by atoms with E-state index < -0.39 is 0 Å². The fourth-order valence-corrected chi connectivity index (χ4v) is 2.74. The average molecular weight is 330 g/mol. The third-order valence-electron chi connectivity index (χ3n) is 3.55. The van der Waals surface area contributed by atoms with E-state index in [1.54, 1.807) is 0 Å². The van der Waals surface area contributed by atoms with Gasteiger partial charge in [0.15, 0.2) is 5.88 Å². The lowest BCUT2D eigenvalue weighted by Crippen LogP contribution is -1.97. The van der Waals surface area contributed by atoms with Gasteiger partial charge in [-0.25, -0.2) is 0 Å². The van der Waals surface area contributed by atoms with Crippen molar-refractivity contribution in [1.82, 2.24) is 4.57 Å². The highest BCUT2D eigenvalue weighted by Gasteiger charge is 2.06. The van der Waals surface area contributed by atoms with E-state index in [0.29, 0.717) is 5.88 Å². The summed E-state index contributed by atoms with van der Waals surface area (Å²) >= 11 is 3.44. The number of hydrogen-bond acceptors (Lipinski definition) is 1. The van der Waals surface area contributed by atoms with Crippen LogP contribution in [0.5, 0.6) is 5.88 Å². The predicted octanol–water partition coefficient (Wildman–Crippen LogP) is 4.74. The van der Waals surface area contributed by atoms with Crippen LogP contribution in [0.25, 0.3) is 10.8 Å². The summed E-state index contributed by atoms with van der Waals surface area (Å²) in [6.45, 7) is 0.830. The van der Waals surface area contributed by atoms with Crippen LogP contribution >= 0.6 is 15.9 Å². The standard InChI is InChI=1S/C17H16BrNO/c18-15-9-7-13(8-10-15)4-3-11-19-12-14-5-1-2-6-16(14)17(19)20/h1-2,5-10,12,20H,3-4,11H2. The number of hydrogen-bond donors (Lipinski definition) is 1. The van der Waals surface area contributed by atoms with E-state index in [9.17, 15) is 5.11 Å². The maximum atomic E-state index is 10.2. The molecule has 0 unspecified atom stereocenters. The summed E-state index contributed by atoms with van der Waals surface area (Å²) in [5.74, 6) is 0.372. The zero-order valence-corrected chi connectivity index (χ0v) is 12.7. The van der Waals surface area contributed by atoms with E-state index in [-0.39, 0.29) is 0 Å². The van der Waals surface area contributed by atoms with Crippen molar-refractivity contribution >= 4 is 26.7 Å². The van der Waals surface area contributed by atoms with Crippen LogP contribution in [0.2, 0.25) is 0 Å². The van der Waals surface area contributed by atoms with Crippen molar-refractivity contribution in [2.75, 3.05) is 0 Å². The lowest BCUT2D eigenvalue weighted by Gasteiger charge is -2.05. The molecule has 20 heavy (non-hydrogen) atoms. The van der Waals surface area contributed by atoms with Gasteiger partial charge in [-0.05, 0) is 36.6 Å². The molecule has 0 aliphatic carbocycles. The molecule has 3 aromatic rings. The van der Waals surface area contributed by atoms with Gasteiger partial charge in [-0.2, -0.15) is 0 Å². The fraction of sp³-hybridized carbons (Fsp3) is 0.176. The van der Waals surface area contributed by atoms with E-state index in [0.717, 1.165) is 34.6 Å². The van der Waals surface area contributed by atoms with Crippen LogP contribution in [0, 0.1) is 0 Å². The molecule has 2 aromatic carbocycles. The number of rotatable bonds is 4. The van der Waals surface area contributed by atoms with Crippen molar-refractivity contribution in [3.8, 4) is 5.88 Å². The summed E-state index contributed by atoms with van der Waals surface area (Å²) in [7, 11) is 0. The number of aromatic hydroxyl groups is 1. The minimum atomic E-state index is 0.372. The molecule has 0 saturated heterocycles. The van der Waals surface area contributed by atoms with Gasteiger partial charge in [-0.3, -0.25) is 0 Å². The van der Waals surface area contributed by atoms with Gasteiger partial charge in [0.25, 0.3) is 0 Å². The molecule has 0 fully saturated rings. The molecule has 3 heteroatoms. The molecule has 1 aromatic heterocycles. The van der Waals surface area contributed by atoms with Crippen molar-refractivity contribution in [1.29, 1.82) is 0 Å². The first-order valence-corrected chi connectivity index (χ1v) is 7.54. The quantitative estimate of drug-likeness (QED) is 0.734. The maximum absolute atomic E-state index is 10.2. The van der Waals surface area contributed by atoms with E-state index in [2.05, 4.69) is 40.2 Å². The second kappa shape index (κ2) is 5.71. The lowest BCUT2D eigenvalue weighted by atomic mass is 10.1. The first-order valence-electron chi connectivity index (χ1n) is 6.75. The number of aryl methyl sites for hydroxylation is 2. The van der Waals surface area contributed by atoms with Crippen LogP contribution in [0.1, 0.15) is 12.0 Å². The smallest absolute Gasteiger partial charge is 0.199 e. The SMILES string of the molecule is Oc1c2ccccc2cn1CCCc1ccc(Br)cc1. The number of nitrogens with zero attached hydrogens (tertiary/aromatic N) is 1. The highest BCUT2D eigenvalue weighted by molar-refractivity contribution is 9.10. The first kappa shape index (κ1) is 13.3. The number of fused-ring (bicyclic) bond motifs is 1. The molecule has 1 heterocycles. The van der Waals surface area contributed by atoms with Crippen LogP contribution in [0.3, 0.4) is 0 Å². The average Bonchev–Trinajstić information content (AvgIpc) is 2.78. The van der Waals surface area contributed by atoms with Crippen molar-refractivity contribution in [2.24, 2.45) is 0 Å². The van der Waals surface area contributed by atoms with Crippen LogP contribution < -0.4 is 0 Å². The summed E-state index contributed by atoms with van der Waals surface area (Å²) < 4.78 is 3.04. The van der Waals surface area contributed by atoms with E-state index in [1.165, 1.54) is 5.56 Å². The Morgan fingerprint density at radius 1 is 1.00 bits per heavy atom. The summed E-state index contributed by atoms with van der Waals surface area (Å²) in [5.41, 5.74) is 1.32. The predicted molar refractivity (Wildman–Crippen MR) is 86.1 cm³/mol. The van der Waals surface area contributed by atoms with Gasteiger partial charge in [-0.15, -0.1) is 0 Å². The molecule has 0 atom stereocenters. The van der Waals surface area contributed by atoms with Gasteiger partial charge in [0.1, 0.15) is 0 Å². The molecule has 0 saturated carbocycles. The monoisotopic (exact) mass is 329 g/mol. The van der Waals surface area contributed by atoms with Crippen molar-refractivity contribution in [3.05, 3.63) is 64.8 Å². The summed E-state index contributed by atoms with van der Waals surface area (Å²) in [6.07, 6.45) is 4.05. The molecule has 0 aliphatic rings. The molecule has 2 nitrogen and oxygen atoms in total. The van der Waals surface area contributed by atoms with E-state index >= 15 is 0 Å². The Morgan fingerprint density at radius 2 is 1.75 bits per heavy atom. The Hall–Kier alpha value is -1.74. The Morgan fingerprint density at radius 3 is 2.50 bits per heavy atom. The number of aromatic nitrogens is 1. The highest BCUT2D eigenvalue weighted by atomic mass is 79.9. The molecule has 0 radical (unpaired) electrons. The third-order valence-corrected chi connectivity index (χ3v) is 4.08. The zero-order valence-electron chi connectivity index (χ0n) is 11.1. The second-order valence-corrected chi connectivity index (χ2v) is 5.88. The molecule has 0 amide bonds. The van der Waals surface area contributed by atoms with Gasteiger partial charge in [-0.1, -0.05) is 46.3 Å². The van der Waals surface area contributed by atoms with E-state index in [1.807, 2.05) is 35.0 Å². The van der Waals surface area contributed by atoms with Gasteiger partial charge >= 0.3 is 0 Å². The van der Waals surface area contributed by atoms with Crippen molar-refractivity contribution in [3.63, 3.8) is 0 Å². The lowest BCUT2D eigenvalue weighted by molar-refractivity contribution is 0.418. The van der Waals surface area contributed by atoms with Crippen molar-refractivity contribution in [2.45, 2.75) is 19.4 Å². The van der Waals surface area contributed by atoms with Crippen LogP contribution in [0.15, 0.2) is 59.2 Å². The molecule has 1 N–H and O–H groups in total. The maximum Gasteiger partial charge on any atom is 0.199 e. The zero-order chi connectivity index (χ0) is 13.9. The third kappa shape index (κ3) is 2.73. The molecular formula is C17H16BrNO. The second-order valence-electron chi connectivity index (χ2n) is 4.96. The van der Waals surface area contributed by atoms with Gasteiger partial charge in [0.2, 0.25) is 0 Å². The Bertz CT molecular complexity index is 715. The highest BCUT2D eigenvalue weighted by Crippen LogP contribution is 2.27. The minimum absolute atomic E-state index is 0.372. The first-order chi connectivity index (χ1) is 9.74. The summed E-state index contributed by atoms with van der Waals surface area (Å²) in [5, 5.41) is 12.2. The van der Waals surface area contributed by atoms with E-state index in [4.69, 9.17) is 0 Å². The topological polar surface area (TPSA) is 25.2 Å². The molecule has 0 aliphatic heterocycles. The molecular weight excluding hydrogens is 314 g/mol. The Labute approximate surface area is 126 Å². The van der Waals surface area contributed by atoms with Gasteiger partial charge in [0.05, 0.1) is 0 Å². The molecule has 3 rings (SSSR count). The summed E-state index contributed by atoms with van der Waals surface area (Å²) in [6, 6.07) is 16.3. The Balaban J connectivity index is 1.68. The van der Waals surface area contributed by atoms with Crippen molar-refractivity contribution < 1.29 is 5.11 Å².